The fourth-order valence-electron chi connectivity index (χ4n) is 4.02. The number of hydrogen-bond acceptors (Lipinski definition) is 4. The lowest BCUT2D eigenvalue weighted by Crippen LogP contribution is -2.54. The van der Waals surface area contributed by atoms with Crippen LogP contribution in [-0.4, -0.2) is 62.7 Å². The van der Waals surface area contributed by atoms with Crippen molar-refractivity contribution in [1.29, 1.82) is 0 Å². The van der Waals surface area contributed by atoms with Crippen molar-refractivity contribution in [2.24, 2.45) is 0 Å². The van der Waals surface area contributed by atoms with Crippen LogP contribution in [0.5, 0.6) is 0 Å². The number of anilines is 1. The van der Waals surface area contributed by atoms with Crippen molar-refractivity contribution >= 4 is 43.6 Å². The van der Waals surface area contributed by atoms with E-state index in [9.17, 15) is 18.0 Å². The molecule has 0 bridgehead atoms. The Hall–Kier alpha value is -3.21. The summed E-state index contributed by atoms with van der Waals surface area (Å²) in [5, 5.41) is 2.94. The third kappa shape index (κ3) is 8.39. The summed E-state index contributed by atoms with van der Waals surface area (Å²) in [6, 6.07) is 24.6. The van der Waals surface area contributed by atoms with E-state index >= 15 is 0 Å². The summed E-state index contributed by atoms with van der Waals surface area (Å²) in [7, 11) is -1.16. The van der Waals surface area contributed by atoms with Crippen LogP contribution in [-0.2, 0) is 32.8 Å². The minimum absolute atomic E-state index is 0.133. The Kier molecular flexibility index (Phi) is 11.1. The highest BCUT2D eigenvalue weighted by molar-refractivity contribution is 9.10. The molecule has 1 N–H and O–H groups in total. The Labute approximate surface area is 239 Å². The van der Waals surface area contributed by atoms with E-state index in [1.54, 1.807) is 30.3 Å². The molecule has 8 nitrogen and oxygen atoms in total. The smallest absolute Gasteiger partial charge is 0.304 e. The standard InChI is InChI=1S/C29H35BrN4O4S/c1-4-19-31-29(36)27(20-23-11-7-5-8-12-23)33(21-24-15-17-25(30)18-16-24)28(35)22-34(39(37,38)32(2)3)26-13-9-6-10-14-26/h5-18,27H,4,19-22H2,1-3H3,(H,31,36)/t27-/m1/s1. The maximum absolute atomic E-state index is 14.1. The first-order valence-electron chi connectivity index (χ1n) is 12.7. The first kappa shape index (κ1) is 30.3. The van der Waals surface area contributed by atoms with Gasteiger partial charge in [-0.1, -0.05) is 83.5 Å². The van der Waals surface area contributed by atoms with Gasteiger partial charge in [-0.15, -0.1) is 0 Å². The van der Waals surface area contributed by atoms with Crippen LogP contribution in [0, 0.1) is 0 Å². The van der Waals surface area contributed by atoms with Crippen molar-refractivity contribution in [1.82, 2.24) is 14.5 Å². The van der Waals surface area contributed by atoms with Crippen LogP contribution in [0.3, 0.4) is 0 Å². The summed E-state index contributed by atoms with van der Waals surface area (Å²) in [4.78, 5) is 29.1. The summed E-state index contributed by atoms with van der Waals surface area (Å²) in [6.07, 6.45) is 1.03. The van der Waals surface area contributed by atoms with Gasteiger partial charge in [0.05, 0.1) is 5.69 Å². The number of amides is 2. The summed E-state index contributed by atoms with van der Waals surface area (Å²) in [6.45, 7) is 2.10. The molecular weight excluding hydrogens is 580 g/mol. The van der Waals surface area contributed by atoms with E-state index in [1.165, 1.54) is 19.0 Å². The number of halogens is 1. The molecule has 0 saturated heterocycles. The molecule has 3 aromatic rings. The normalized spacial score (nSPS) is 12.1. The number of benzene rings is 3. The van der Waals surface area contributed by atoms with Gasteiger partial charge in [-0.2, -0.15) is 12.7 Å². The molecule has 10 heteroatoms. The van der Waals surface area contributed by atoms with Gasteiger partial charge in [0.2, 0.25) is 11.8 Å². The molecule has 3 aromatic carbocycles. The molecule has 39 heavy (non-hydrogen) atoms. The number of hydrogen-bond donors (Lipinski definition) is 1. The molecular formula is C29H35BrN4O4S. The fourth-order valence-corrected chi connectivity index (χ4v) is 5.34. The first-order valence-corrected chi connectivity index (χ1v) is 14.9. The van der Waals surface area contributed by atoms with Gasteiger partial charge in [0, 0.05) is 38.1 Å². The van der Waals surface area contributed by atoms with Gasteiger partial charge >= 0.3 is 10.2 Å². The molecule has 2 amide bonds. The van der Waals surface area contributed by atoms with Crippen molar-refractivity contribution in [2.45, 2.75) is 32.4 Å². The number of carbonyl (C=O) groups excluding carboxylic acids is 2. The average molecular weight is 616 g/mol. The minimum atomic E-state index is -4.01. The van der Waals surface area contributed by atoms with Gasteiger partial charge in [0.15, 0.2) is 0 Å². The Morgan fingerprint density at radius 2 is 1.46 bits per heavy atom. The van der Waals surface area contributed by atoms with Crippen molar-refractivity contribution < 1.29 is 18.0 Å². The Balaban J connectivity index is 2.05. The van der Waals surface area contributed by atoms with Crippen molar-refractivity contribution in [3.63, 3.8) is 0 Å². The molecule has 0 unspecified atom stereocenters. The molecule has 0 heterocycles. The van der Waals surface area contributed by atoms with Crippen LogP contribution >= 0.6 is 15.9 Å². The molecule has 0 aromatic heterocycles. The SMILES string of the molecule is CCCNC(=O)[C@@H](Cc1ccccc1)N(Cc1ccc(Br)cc1)C(=O)CN(c1ccccc1)S(=O)(=O)N(C)C. The average Bonchev–Trinajstić information content (AvgIpc) is 2.94. The highest BCUT2D eigenvalue weighted by Gasteiger charge is 2.34. The van der Waals surface area contributed by atoms with Crippen LogP contribution < -0.4 is 9.62 Å². The predicted octanol–water partition coefficient (Wildman–Crippen LogP) is 4.23. The van der Waals surface area contributed by atoms with Gasteiger partial charge in [-0.3, -0.25) is 9.59 Å². The van der Waals surface area contributed by atoms with Gasteiger partial charge in [0.25, 0.3) is 0 Å². The Bertz CT molecular complexity index is 1320. The minimum Gasteiger partial charge on any atom is -0.354 e. The number of rotatable bonds is 13. The maximum atomic E-state index is 14.1. The number of para-hydroxylation sites is 1. The number of nitrogens with one attached hydrogen (secondary N) is 1. The molecule has 0 fully saturated rings. The fraction of sp³-hybridized carbons (Fsp3) is 0.310. The van der Waals surface area contributed by atoms with E-state index in [1.807, 2.05) is 61.5 Å². The van der Waals surface area contributed by atoms with Crippen LogP contribution in [0.4, 0.5) is 5.69 Å². The zero-order valence-corrected chi connectivity index (χ0v) is 24.9. The summed E-state index contributed by atoms with van der Waals surface area (Å²) in [5.74, 6) is -0.771. The molecule has 0 saturated carbocycles. The summed E-state index contributed by atoms with van der Waals surface area (Å²) in [5.41, 5.74) is 2.07. The lowest BCUT2D eigenvalue weighted by atomic mass is 10.0. The van der Waals surface area contributed by atoms with E-state index in [0.717, 1.165) is 30.6 Å². The van der Waals surface area contributed by atoms with Gasteiger partial charge in [0.1, 0.15) is 12.6 Å². The topological polar surface area (TPSA) is 90.0 Å². The Morgan fingerprint density at radius 1 is 0.872 bits per heavy atom. The molecule has 0 radical (unpaired) electrons. The molecule has 208 valence electrons. The zero-order valence-electron chi connectivity index (χ0n) is 22.5. The Morgan fingerprint density at radius 3 is 2.03 bits per heavy atom. The lowest BCUT2D eigenvalue weighted by Gasteiger charge is -2.34. The van der Waals surface area contributed by atoms with Crippen molar-refractivity contribution in [2.75, 3.05) is 31.5 Å². The highest BCUT2D eigenvalue weighted by Crippen LogP contribution is 2.22. The second-order valence-electron chi connectivity index (χ2n) is 9.28. The number of carbonyl (C=O) groups is 2. The molecule has 3 rings (SSSR count). The second-order valence-corrected chi connectivity index (χ2v) is 12.3. The third-order valence-corrected chi connectivity index (χ3v) is 8.50. The molecule has 0 aliphatic carbocycles. The van der Waals surface area contributed by atoms with Gasteiger partial charge in [-0.25, -0.2) is 4.31 Å². The molecule has 0 aliphatic rings. The maximum Gasteiger partial charge on any atom is 0.304 e. The molecule has 0 spiro atoms. The number of nitrogens with zero attached hydrogens (tertiary/aromatic N) is 3. The summed E-state index contributed by atoms with van der Waals surface area (Å²) >= 11 is 3.44. The van der Waals surface area contributed by atoms with E-state index in [2.05, 4.69) is 21.2 Å². The van der Waals surface area contributed by atoms with Gasteiger partial charge < -0.3 is 10.2 Å². The first-order chi connectivity index (χ1) is 18.6. The highest BCUT2D eigenvalue weighted by atomic mass is 79.9. The second kappa shape index (κ2) is 14.3. The zero-order chi connectivity index (χ0) is 28.4. The van der Waals surface area contributed by atoms with E-state index < -0.39 is 28.7 Å². The van der Waals surface area contributed by atoms with Crippen LogP contribution in [0.1, 0.15) is 24.5 Å². The summed E-state index contributed by atoms with van der Waals surface area (Å²) < 4.78 is 29.7. The van der Waals surface area contributed by atoms with E-state index in [-0.39, 0.29) is 18.9 Å². The van der Waals surface area contributed by atoms with Crippen molar-refractivity contribution in [3.8, 4) is 0 Å². The van der Waals surface area contributed by atoms with Crippen LogP contribution in [0.2, 0.25) is 0 Å². The molecule has 0 aliphatic heterocycles. The van der Waals surface area contributed by atoms with E-state index in [4.69, 9.17) is 0 Å². The third-order valence-electron chi connectivity index (χ3n) is 6.15. The van der Waals surface area contributed by atoms with Gasteiger partial charge in [-0.05, 0) is 41.8 Å². The quantitative estimate of drug-likeness (QED) is 0.312. The van der Waals surface area contributed by atoms with E-state index in [0.29, 0.717) is 12.2 Å². The monoisotopic (exact) mass is 614 g/mol. The lowest BCUT2D eigenvalue weighted by molar-refractivity contribution is -0.140. The van der Waals surface area contributed by atoms with Crippen LogP contribution in [0.15, 0.2) is 89.4 Å². The largest absolute Gasteiger partial charge is 0.354 e. The van der Waals surface area contributed by atoms with Crippen molar-refractivity contribution in [3.05, 3.63) is 101 Å². The molecule has 1 atom stereocenters. The van der Waals surface area contributed by atoms with Crippen LogP contribution in [0.25, 0.3) is 0 Å². The predicted molar refractivity (Wildman–Crippen MR) is 158 cm³/mol.